The number of nitrogens with zero attached hydrogens (tertiary/aromatic N) is 2. The summed E-state index contributed by atoms with van der Waals surface area (Å²) in [7, 11) is 3.16. The number of nitrogens with one attached hydrogen (secondary N) is 1. The number of aromatic nitrogens is 2. The molecule has 1 heterocycles. The van der Waals surface area contributed by atoms with E-state index in [2.05, 4.69) is 5.32 Å². The van der Waals surface area contributed by atoms with Gasteiger partial charge < -0.3 is 15.2 Å². The number of rotatable bonds is 8. The molecule has 9 nitrogen and oxygen atoms in total. The summed E-state index contributed by atoms with van der Waals surface area (Å²) in [6.07, 6.45) is 0. The van der Waals surface area contributed by atoms with Crippen LogP contribution in [0.5, 0.6) is 5.75 Å². The summed E-state index contributed by atoms with van der Waals surface area (Å²) in [5.41, 5.74) is 2.77. The monoisotopic (exact) mass is 549 g/mol. The largest absolute Gasteiger partial charge is 0.497 e. The maximum absolute atomic E-state index is 13.5. The number of fused-ring (bicyclic) bond motifs is 1. The molecule has 0 unspecified atom stereocenters. The Bertz CT molecular complexity index is 1890. The van der Waals surface area contributed by atoms with Crippen molar-refractivity contribution in [1.29, 1.82) is 0 Å². The van der Waals surface area contributed by atoms with Crippen molar-refractivity contribution in [2.24, 2.45) is 7.05 Å². The van der Waals surface area contributed by atoms with Gasteiger partial charge in [0.05, 0.1) is 30.1 Å². The van der Waals surface area contributed by atoms with E-state index < -0.39 is 17.2 Å². The lowest BCUT2D eigenvalue weighted by Gasteiger charge is -2.13. The van der Waals surface area contributed by atoms with E-state index in [4.69, 9.17) is 4.74 Å². The highest BCUT2D eigenvalue weighted by atomic mass is 16.5. The lowest BCUT2D eigenvalue weighted by atomic mass is 9.99. The number of benzene rings is 4. The molecule has 0 saturated carbocycles. The Morgan fingerprint density at radius 2 is 1.56 bits per heavy atom. The molecule has 2 N–H and O–H groups in total. The molecular formula is C32H27N3O6. The van der Waals surface area contributed by atoms with E-state index in [0.717, 1.165) is 15.9 Å². The van der Waals surface area contributed by atoms with Crippen molar-refractivity contribution in [2.75, 3.05) is 7.11 Å². The van der Waals surface area contributed by atoms with Gasteiger partial charge in [0.15, 0.2) is 0 Å². The van der Waals surface area contributed by atoms with E-state index in [1.165, 1.54) is 16.7 Å². The fraction of sp³-hybridized carbons (Fsp3) is 0.125. The molecule has 1 aromatic heterocycles. The summed E-state index contributed by atoms with van der Waals surface area (Å²) in [5, 5.41) is 12.6. The van der Waals surface area contributed by atoms with E-state index in [9.17, 15) is 24.3 Å². The number of hydrogen-bond acceptors (Lipinski definition) is 5. The third-order valence-electron chi connectivity index (χ3n) is 6.99. The number of ether oxygens (including phenoxy) is 1. The van der Waals surface area contributed by atoms with Crippen LogP contribution in [-0.2, 0) is 20.1 Å². The Labute approximate surface area is 234 Å². The van der Waals surface area contributed by atoms with Crippen LogP contribution in [0.3, 0.4) is 0 Å². The first-order chi connectivity index (χ1) is 19.8. The summed E-state index contributed by atoms with van der Waals surface area (Å²) < 4.78 is 7.66. The van der Waals surface area contributed by atoms with Gasteiger partial charge in [-0.3, -0.25) is 18.7 Å². The Morgan fingerprint density at radius 3 is 2.24 bits per heavy atom. The zero-order valence-corrected chi connectivity index (χ0v) is 22.5. The van der Waals surface area contributed by atoms with Gasteiger partial charge in [0.1, 0.15) is 5.75 Å². The Hall–Kier alpha value is -5.44. The summed E-state index contributed by atoms with van der Waals surface area (Å²) in [6.45, 7) is 0.307. The zero-order valence-electron chi connectivity index (χ0n) is 22.5. The zero-order chi connectivity index (χ0) is 29.1. The van der Waals surface area contributed by atoms with Crippen LogP contribution in [0.25, 0.3) is 22.0 Å². The van der Waals surface area contributed by atoms with Gasteiger partial charge in [-0.05, 0) is 58.7 Å². The number of carbonyl (C=O) groups is 2. The van der Waals surface area contributed by atoms with Gasteiger partial charge in [-0.2, -0.15) is 0 Å². The molecule has 0 aliphatic carbocycles. The predicted molar refractivity (Wildman–Crippen MR) is 156 cm³/mol. The number of amides is 1. The van der Waals surface area contributed by atoms with Gasteiger partial charge in [-0.1, -0.05) is 54.6 Å². The highest BCUT2D eigenvalue weighted by Gasteiger charge is 2.15. The maximum Gasteiger partial charge on any atom is 0.336 e. The van der Waals surface area contributed by atoms with Gasteiger partial charge in [0.25, 0.3) is 11.5 Å². The molecule has 0 aliphatic heterocycles. The second-order valence-electron chi connectivity index (χ2n) is 9.54. The van der Waals surface area contributed by atoms with Crippen molar-refractivity contribution in [1.82, 2.24) is 14.5 Å². The average molecular weight is 550 g/mol. The number of aryl methyl sites for hydroxylation is 1. The highest BCUT2D eigenvalue weighted by molar-refractivity contribution is 5.98. The first-order valence-electron chi connectivity index (χ1n) is 12.8. The number of aromatic carboxylic acids is 1. The second-order valence-corrected chi connectivity index (χ2v) is 9.54. The molecular weight excluding hydrogens is 522 g/mol. The summed E-state index contributed by atoms with van der Waals surface area (Å²) >= 11 is 0. The van der Waals surface area contributed by atoms with E-state index in [1.807, 2.05) is 24.3 Å². The standard InChI is InChI=1S/C32H27N3O6/c1-34-28-16-13-23(29(36)33-18-20-9-14-24(41-2)15-10-20)17-27(28)30(37)35(32(34)40)19-21-7-11-22(12-8-21)25-5-3-4-6-26(25)31(38)39/h3-17H,18-19H2,1-2H3,(H,33,36)(H,38,39). The molecule has 0 radical (unpaired) electrons. The Balaban J connectivity index is 1.41. The summed E-state index contributed by atoms with van der Waals surface area (Å²) in [6, 6.07) is 25.7. The quantitative estimate of drug-likeness (QED) is 0.301. The van der Waals surface area contributed by atoms with Crippen LogP contribution in [0.1, 0.15) is 31.8 Å². The number of carboxylic acid groups (broad SMARTS) is 1. The second kappa shape index (κ2) is 11.4. The molecule has 206 valence electrons. The normalized spacial score (nSPS) is 10.9. The topological polar surface area (TPSA) is 120 Å². The van der Waals surface area contributed by atoms with Crippen LogP contribution >= 0.6 is 0 Å². The fourth-order valence-corrected chi connectivity index (χ4v) is 4.72. The number of carboxylic acids is 1. The fourth-order valence-electron chi connectivity index (χ4n) is 4.72. The molecule has 0 bridgehead atoms. The molecule has 0 saturated heterocycles. The minimum atomic E-state index is -1.02. The van der Waals surface area contributed by atoms with Crippen molar-refractivity contribution in [2.45, 2.75) is 13.1 Å². The number of methoxy groups -OCH3 is 1. The van der Waals surface area contributed by atoms with Crippen LogP contribution in [0.2, 0.25) is 0 Å². The van der Waals surface area contributed by atoms with Gasteiger partial charge in [0, 0.05) is 19.2 Å². The van der Waals surface area contributed by atoms with E-state index in [0.29, 0.717) is 34.3 Å². The van der Waals surface area contributed by atoms with E-state index >= 15 is 0 Å². The van der Waals surface area contributed by atoms with Gasteiger partial charge in [-0.25, -0.2) is 9.59 Å². The Morgan fingerprint density at radius 1 is 0.878 bits per heavy atom. The summed E-state index contributed by atoms with van der Waals surface area (Å²) in [4.78, 5) is 51.1. The van der Waals surface area contributed by atoms with Crippen LogP contribution < -0.4 is 21.3 Å². The first-order valence-corrected chi connectivity index (χ1v) is 12.8. The van der Waals surface area contributed by atoms with Crippen LogP contribution in [0.15, 0.2) is 101 Å². The highest BCUT2D eigenvalue weighted by Crippen LogP contribution is 2.24. The number of hydrogen-bond donors (Lipinski definition) is 2. The third-order valence-corrected chi connectivity index (χ3v) is 6.99. The van der Waals surface area contributed by atoms with Crippen molar-refractivity contribution in [3.8, 4) is 16.9 Å². The minimum Gasteiger partial charge on any atom is -0.497 e. The van der Waals surface area contributed by atoms with Gasteiger partial charge >= 0.3 is 11.7 Å². The van der Waals surface area contributed by atoms with E-state index in [1.54, 1.807) is 68.8 Å². The van der Waals surface area contributed by atoms with Crippen LogP contribution in [-0.4, -0.2) is 33.2 Å². The molecule has 5 rings (SSSR count). The minimum absolute atomic E-state index is 0.0101. The molecule has 1 amide bonds. The lowest BCUT2D eigenvalue weighted by molar-refractivity contribution is 0.0697. The Kier molecular flexibility index (Phi) is 7.51. The molecule has 9 heteroatoms. The van der Waals surface area contributed by atoms with Crippen LogP contribution in [0, 0.1) is 0 Å². The van der Waals surface area contributed by atoms with Crippen molar-refractivity contribution < 1.29 is 19.4 Å². The third kappa shape index (κ3) is 5.51. The molecule has 5 aromatic rings. The molecule has 0 fully saturated rings. The SMILES string of the molecule is COc1ccc(CNC(=O)c2ccc3c(c2)c(=O)n(Cc2ccc(-c4ccccc4C(=O)O)cc2)c(=O)n3C)cc1. The van der Waals surface area contributed by atoms with Gasteiger partial charge in [0.2, 0.25) is 0 Å². The maximum atomic E-state index is 13.5. The molecule has 0 aliphatic rings. The number of carbonyl (C=O) groups excluding carboxylic acids is 1. The molecule has 4 aromatic carbocycles. The molecule has 0 atom stereocenters. The summed E-state index contributed by atoms with van der Waals surface area (Å²) in [5.74, 6) is -0.652. The van der Waals surface area contributed by atoms with E-state index in [-0.39, 0.29) is 23.4 Å². The first kappa shape index (κ1) is 27.1. The molecule has 41 heavy (non-hydrogen) atoms. The predicted octanol–water partition coefficient (Wildman–Crippen LogP) is 4.05. The van der Waals surface area contributed by atoms with Crippen LogP contribution in [0.4, 0.5) is 0 Å². The smallest absolute Gasteiger partial charge is 0.336 e. The van der Waals surface area contributed by atoms with Crippen molar-refractivity contribution in [3.05, 3.63) is 134 Å². The van der Waals surface area contributed by atoms with Crippen molar-refractivity contribution >= 4 is 22.8 Å². The van der Waals surface area contributed by atoms with Crippen molar-refractivity contribution in [3.63, 3.8) is 0 Å². The average Bonchev–Trinajstić information content (AvgIpc) is 3.01. The van der Waals surface area contributed by atoms with Gasteiger partial charge in [-0.15, -0.1) is 0 Å². The lowest BCUT2D eigenvalue weighted by Crippen LogP contribution is -2.39. The molecule has 0 spiro atoms.